The first kappa shape index (κ1) is 32.6. The van der Waals surface area contributed by atoms with Gasteiger partial charge in [-0.3, -0.25) is 23.6 Å². The zero-order valence-electron chi connectivity index (χ0n) is 23.9. The molecule has 0 aliphatic rings. The van der Waals surface area contributed by atoms with Crippen LogP contribution in [0, 0.1) is 11.6 Å². The van der Waals surface area contributed by atoms with Crippen LogP contribution >= 0.6 is 11.3 Å². The Balaban J connectivity index is 0.000000892. The first-order chi connectivity index (χ1) is 20.2. The first-order valence-corrected chi connectivity index (χ1v) is 14.1. The summed E-state index contributed by atoms with van der Waals surface area (Å²) < 4.78 is 31.1. The molecule has 4 aromatic rings. The number of amides is 1. The number of carbonyl (C=O) groups is 1. The summed E-state index contributed by atoms with van der Waals surface area (Å²) in [6, 6.07) is 11.4. The number of aliphatic hydroxyl groups is 1. The van der Waals surface area contributed by atoms with E-state index in [1.807, 2.05) is 36.8 Å². The van der Waals surface area contributed by atoms with Crippen molar-refractivity contribution >= 4 is 33.7 Å². The number of aliphatic hydroxyl groups excluding tert-OH is 1. The van der Waals surface area contributed by atoms with Crippen molar-refractivity contribution in [2.45, 2.75) is 45.5 Å². The van der Waals surface area contributed by atoms with Gasteiger partial charge in [0.1, 0.15) is 16.5 Å². The molecule has 1 atom stereocenters. The van der Waals surface area contributed by atoms with E-state index in [2.05, 4.69) is 15.5 Å². The van der Waals surface area contributed by atoms with Gasteiger partial charge in [-0.1, -0.05) is 25.1 Å². The number of rotatable bonds is 12. The van der Waals surface area contributed by atoms with Crippen molar-refractivity contribution in [1.29, 1.82) is 0 Å². The van der Waals surface area contributed by atoms with Crippen molar-refractivity contribution in [2.24, 2.45) is 0 Å². The van der Waals surface area contributed by atoms with Gasteiger partial charge in [-0.15, -0.1) is 11.3 Å². The van der Waals surface area contributed by atoms with Crippen LogP contribution in [-0.4, -0.2) is 48.0 Å². The van der Waals surface area contributed by atoms with Gasteiger partial charge in [-0.05, 0) is 55.3 Å². The van der Waals surface area contributed by atoms with Crippen molar-refractivity contribution < 1.29 is 23.5 Å². The van der Waals surface area contributed by atoms with Crippen molar-refractivity contribution in [3.05, 3.63) is 86.1 Å². The number of nitrogens with zero attached hydrogens (tertiary/aromatic N) is 2. The molecule has 13 heteroatoms. The van der Waals surface area contributed by atoms with E-state index in [4.69, 9.17) is 4.79 Å². The van der Waals surface area contributed by atoms with Crippen molar-refractivity contribution in [2.75, 3.05) is 26.5 Å². The molecule has 0 saturated heterocycles. The molecule has 1 amide bonds. The Morgan fingerprint density at radius 1 is 1.05 bits per heavy atom. The normalized spacial score (nSPS) is 11.6. The summed E-state index contributed by atoms with van der Waals surface area (Å²) in [5.74, 6) is -1.38. The van der Waals surface area contributed by atoms with Crippen molar-refractivity contribution in [3.8, 4) is 10.4 Å². The monoisotopic (exact) mass is 603 g/mol. The summed E-state index contributed by atoms with van der Waals surface area (Å²) in [5.41, 5.74) is 3.25. The van der Waals surface area contributed by atoms with Crippen molar-refractivity contribution in [3.63, 3.8) is 0 Å². The number of benzene rings is 2. The average molecular weight is 604 g/mol. The molecule has 1 unspecified atom stereocenters. The third-order valence-corrected chi connectivity index (χ3v) is 7.93. The van der Waals surface area contributed by atoms with Crippen LogP contribution in [0.25, 0.3) is 20.7 Å². The minimum Gasteiger partial charge on any atom is -0.391 e. The number of aryl methyl sites for hydroxylation is 1. The van der Waals surface area contributed by atoms with E-state index in [-0.39, 0.29) is 25.1 Å². The molecule has 226 valence electrons. The third kappa shape index (κ3) is 7.29. The van der Waals surface area contributed by atoms with Gasteiger partial charge in [0.05, 0.1) is 25.1 Å². The quantitative estimate of drug-likeness (QED) is 0.145. The predicted octanol–water partition coefficient (Wildman–Crippen LogP) is 3.24. The fraction of sp³-hybridized carbons (Fsp3) is 0.345. The summed E-state index contributed by atoms with van der Waals surface area (Å²) in [7, 11) is 4.97. The van der Waals surface area contributed by atoms with E-state index >= 15 is 0 Å². The number of hydrogen-bond acceptors (Lipinski definition) is 8. The molecule has 0 spiro atoms. The zero-order chi connectivity index (χ0) is 30.8. The van der Waals surface area contributed by atoms with Gasteiger partial charge in [0.25, 0.3) is 5.56 Å². The molecule has 0 aliphatic heterocycles. The van der Waals surface area contributed by atoms with Gasteiger partial charge in [0.15, 0.2) is 0 Å². The third-order valence-electron chi connectivity index (χ3n) is 6.62. The van der Waals surface area contributed by atoms with E-state index in [0.29, 0.717) is 29.6 Å². The lowest BCUT2D eigenvalue weighted by Gasteiger charge is -2.15. The minimum absolute atomic E-state index is 0.0344. The Bertz CT molecular complexity index is 1600. The molecule has 0 radical (unpaired) electrons. The fourth-order valence-corrected chi connectivity index (χ4v) is 5.76. The Morgan fingerprint density at radius 2 is 1.71 bits per heavy atom. The summed E-state index contributed by atoms with van der Waals surface area (Å²) >= 11 is 1.30. The maximum Gasteiger partial charge on any atom is 0.332 e. The zero-order valence-corrected chi connectivity index (χ0v) is 24.7. The highest BCUT2D eigenvalue weighted by atomic mass is 32.1. The molecule has 4 N–H and O–H groups in total. The lowest BCUT2D eigenvalue weighted by atomic mass is 10.1. The number of thiophene rings is 1. The van der Waals surface area contributed by atoms with Crippen LogP contribution in [0.4, 0.5) is 14.5 Å². The molecule has 0 saturated carbocycles. The average Bonchev–Trinajstić information content (AvgIpc) is 3.36. The lowest BCUT2D eigenvalue weighted by Crippen LogP contribution is -2.42. The Kier molecular flexibility index (Phi) is 11.9. The fourth-order valence-electron chi connectivity index (χ4n) is 4.42. The van der Waals surface area contributed by atoms with Crippen LogP contribution < -0.4 is 27.4 Å². The summed E-state index contributed by atoms with van der Waals surface area (Å²) in [6.45, 7) is 1.93. The molecule has 2 aromatic heterocycles. The smallest absolute Gasteiger partial charge is 0.332 e. The topological polar surface area (TPSA) is 127 Å². The van der Waals surface area contributed by atoms with E-state index in [1.165, 1.54) is 41.2 Å². The van der Waals surface area contributed by atoms with Crippen LogP contribution in [0.5, 0.6) is 0 Å². The number of fused-ring (bicyclic) bond motifs is 1. The summed E-state index contributed by atoms with van der Waals surface area (Å²) in [4.78, 5) is 41.7. The molecule has 2 aromatic carbocycles. The van der Waals surface area contributed by atoms with Gasteiger partial charge in [-0.2, -0.15) is 0 Å². The van der Waals surface area contributed by atoms with E-state index in [9.17, 15) is 23.5 Å². The van der Waals surface area contributed by atoms with Gasteiger partial charge >= 0.3 is 5.69 Å². The van der Waals surface area contributed by atoms with Gasteiger partial charge in [0.2, 0.25) is 6.41 Å². The molecule has 10 nitrogen and oxygen atoms in total. The molecule has 0 bridgehead atoms. The van der Waals surface area contributed by atoms with Crippen LogP contribution in [0.1, 0.15) is 24.5 Å². The van der Waals surface area contributed by atoms with Gasteiger partial charge in [-0.25, -0.2) is 19.1 Å². The first-order valence-electron chi connectivity index (χ1n) is 13.3. The molecule has 0 aliphatic carbocycles. The Labute approximate surface area is 245 Å². The van der Waals surface area contributed by atoms with Crippen LogP contribution in [0.15, 0.2) is 52.1 Å². The molecule has 2 heterocycles. The second-order valence-corrected chi connectivity index (χ2v) is 10.2. The van der Waals surface area contributed by atoms with Crippen LogP contribution in [0.3, 0.4) is 0 Å². The van der Waals surface area contributed by atoms with E-state index in [0.717, 1.165) is 26.3 Å². The van der Waals surface area contributed by atoms with Gasteiger partial charge in [0, 0.05) is 36.3 Å². The summed E-state index contributed by atoms with van der Waals surface area (Å²) in [6.07, 6.45) is -0.145. The standard InChI is InChI=1S/C27H30F2N4O3S.C2H5NO2/c1-4-18(34)15-33-25(35)23-20(14-30-2)24(16-8-10-17(31-3)11-9-16)37-26(23)32(27(33)36)13-12-19-21(28)6-5-7-22(19)29;1-5-3-2-4/h5-11,18,30-31,34H,4,12-15H2,1-3H3;2H,1H3,(H,3,4). The number of halogens is 2. The molecule has 4 rings (SSSR count). The highest BCUT2D eigenvalue weighted by Crippen LogP contribution is 2.37. The van der Waals surface area contributed by atoms with E-state index in [1.54, 1.807) is 14.0 Å². The largest absolute Gasteiger partial charge is 0.391 e. The molecular formula is C29H35F2N5O5S. The maximum absolute atomic E-state index is 14.4. The SMILES string of the molecule is CCC(O)Cn1c(=O)c2c(CNC)c(-c3ccc(NC)cc3)sc2n(CCc2c(F)cccc2F)c1=O.CONC=O. The Hall–Kier alpha value is -3.91. The number of nitrogens with one attached hydrogen (secondary N) is 3. The number of hydroxylamine groups is 1. The molecule has 0 fully saturated rings. The van der Waals surface area contributed by atoms with Crippen molar-refractivity contribution in [1.82, 2.24) is 19.9 Å². The number of anilines is 1. The number of aromatic nitrogens is 2. The number of carbonyl (C=O) groups excluding carboxylic acids is 1. The highest BCUT2D eigenvalue weighted by Gasteiger charge is 2.24. The second kappa shape index (κ2) is 15.4. The maximum atomic E-state index is 14.4. The second-order valence-electron chi connectivity index (χ2n) is 9.25. The van der Waals surface area contributed by atoms with E-state index < -0.39 is 29.0 Å². The lowest BCUT2D eigenvalue weighted by molar-refractivity contribution is -0.118. The Morgan fingerprint density at radius 3 is 2.24 bits per heavy atom. The van der Waals surface area contributed by atoms with Gasteiger partial charge < -0.3 is 15.7 Å². The minimum atomic E-state index is -0.889. The number of hydrogen-bond donors (Lipinski definition) is 4. The molecular weight excluding hydrogens is 568 g/mol. The molecule has 42 heavy (non-hydrogen) atoms. The predicted molar refractivity (Wildman–Crippen MR) is 161 cm³/mol. The van der Waals surface area contributed by atoms with Crippen LogP contribution in [0.2, 0.25) is 0 Å². The summed E-state index contributed by atoms with van der Waals surface area (Å²) in [5, 5.41) is 16.8. The highest BCUT2D eigenvalue weighted by molar-refractivity contribution is 7.22. The van der Waals surface area contributed by atoms with Crippen LogP contribution in [-0.2, 0) is 35.7 Å².